The predicted molar refractivity (Wildman–Crippen MR) is 49.1 cm³/mol. The molecule has 1 heterocycles. The Kier molecular flexibility index (Phi) is 3.35. The number of alkyl halides is 2. The van der Waals surface area contributed by atoms with Gasteiger partial charge < -0.3 is 0 Å². The topological polar surface area (TPSA) is 3.24 Å². The van der Waals surface area contributed by atoms with Crippen LogP contribution in [0.3, 0.4) is 0 Å². The van der Waals surface area contributed by atoms with Gasteiger partial charge in [0.1, 0.15) is 0 Å². The van der Waals surface area contributed by atoms with Crippen molar-refractivity contribution in [1.29, 1.82) is 0 Å². The number of hydrogen-bond acceptors (Lipinski definition) is 2. The molecule has 1 aliphatic rings. The van der Waals surface area contributed by atoms with Gasteiger partial charge in [-0.1, -0.05) is 6.92 Å². The zero-order chi connectivity index (χ0) is 9.19. The van der Waals surface area contributed by atoms with E-state index in [0.29, 0.717) is 11.8 Å². The fourth-order valence-electron chi connectivity index (χ4n) is 1.37. The first-order valence-electron chi connectivity index (χ1n) is 4.28. The number of rotatable bonds is 3. The summed E-state index contributed by atoms with van der Waals surface area (Å²) in [6.45, 7) is 3.21. The van der Waals surface area contributed by atoms with Crippen molar-refractivity contribution in [3.05, 3.63) is 0 Å². The van der Waals surface area contributed by atoms with Gasteiger partial charge in [-0.15, -0.1) is 0 Å². The number of likely N-dealkylation sites (tertiary alicyclic amines) is 1. The Bertz CT molecular complexity index is 150. The summed E-state index contributed by atoms with van der Waals surface area (Å²) >= 11 is 4.20. The molecule has 4 heteroatoms. The highest BCUT2D eigenvalue weighted by atomic mass is 32.1. The summed E-state index contributed by atoms with van der Waals surface area (Å²) in [6.07, 6.45) is 0.910. The highest BCUT2D eigenvalue weighted by Gasteiger charge is 2.37. The van der Waals surface area contributed by atoms with E-state index < -0.39 is 5.92 Å². The van der Waals surface area contributed by atoms with Gasteiger partial charge in [0.25, 0.3) is 5.92 Å². The molecule has 1 nitrogen and oxygen atoms in total. The summed E-state index contributed by atoms with van der Waals surface area (Å²) in [7, 11) is 0. The fraction of sp³-hybridized carbons (Fsp3) is 1.00. The molecule has 0 saturated carbocycles. The number of thiol groups is 1. The van der Waals surface area contributed by atoms with Crippen molar-refractivity contribution in [2.24, 2.45) is 0 Å². The zero-order valence-electron chi connectivity index (χ0n) is 7.26. The van der Waals surface area contributed by atoms with Crippen molar-refractivity contribution in [3.8, 4) is 0 Å². The third-order valence-electron chi connectivity index (χ3n) is 2.11. The monoisotopic (exact) mass is 195 g/mol. The Balaban J connectivity index is 2.20. The Morgan fingerprint density at radius 3 is 2.67 bits per heavy atom. The van der Waals surface area contributed by atoms with Crippen LogP contribution in [0.1, 0.15) is 19.8 Å². The highest BCUT2D eigenvalue weighted by Crippen LogP contribution is 2.26. The molecule has 0 radical (unpaired) electrons. The van der Waals surface area contributed by atoms with Gasteiger partial charge in [0.2, 0.25) is 0 Å². The van der Waals surface area contributed by atoms with E-state index in [4.69, 9.17) is 0 Å². The summed E-state index contributed by atoms with van der Waals surface area (Å²) in [6, 6.07) is 0. The molecule has 72 valence electrons. The van der Waals surface area contributed by atoms with Crippen LogP contribution in [0.25, 0.3) is 0 Å². The molecule has 0 amide bonds. The molecule has 12 heavy (non-hydrogen) atoms. The van der Waals surface area contributed by atoms with E-state index in [-0.39, 0.29) is 13.0 Å². The highest BCUT2D eigenvalue weighted by molar-refractivity contribution is 7.80. The average Bonchev–Trinajstić information content (AvgIpc) is 2.26. The Labute approximate surface area is 77.5 Å². The third-order valence-corrected chi connectivity index (χ3v) is 2.37. The Hall–Kier alpha value is 0.170. The molecule has 1 atom stereocenters. The van der Waals surface area contributed by atoms with Crippen LogP contribution in [0, 0.1) is 0 Å². The lowest BCUT2D eigenvalue weighted by molar-refractivity contribution is 0.0122. The lowest BCUT2D eigenvalue weighted by atomic mass is 10.3. The van der Waals surface area contributed by atoms with Gasteiger partial charge in [0.15, 0.2) is 0 Å². The van der Waals surface area contributed by atoms with E-state index in [1.54, 1.807) is 0 Å². The molecular weight excluding hydrogens is 180 g/mol. The van der Waals surface area contributed by atoms with Crippen LogP contribution in [0.2, 0.25) is 0 Å². The lowest BCUT2D eigenvalue weighted by Gasteiger charge is -2.15. The summed E-state index contributed by atoms with van der Waals surface area (Å²) in [5.41, 5.74) is 0. The van der Waals surface area contributed by atoms with Gasteiger partial charge >= 0.3 is 0 Å². The largest absolute Gasteiger partial charge is 0.297 e. The minimum absolute atomic E-state index is 0.0218. The summed E-state index contributed by atoms with van der Waals surface area (Å²) in [5.74, 6) is -2.44. The van der Waals surface area contributed by atoms with Gasteiger partial charge in [-0.2, -0.15) is 12.6 Å². The molecule has 1 unspecified atom stereocenters. The van der Waals surface area contributed by atoms with Crippen molar-refractivity contribution < 1.29 is 8.78 Å². The molecule has 1 saturated heterocycles. The van der Waals surface area contributed by atoms with E-state index in [0.717, 1.165) is 13.0 Å². The summed E-state index contributed by atoms with van der Waals surface area (Å²) in [4.78, 5) is 1.81. The van der Waals surface area contributed by atoms with Crippen LogP contribution < -0.4 is 0 Å². The van der Waals surface area contributed by atoms with Crippen LogP contribution in [-0.4, -0.2) is 35.7 Å². The first-order chi connectivity index (χ1) is 5.49. The number of halogens is 2. The Morgan fingerprint density at radius 1 is 1.58 bits per heavy atom. The first-order valence-corrected chi connectivity index (χ1v) is 4.79. The van der Waals surface area contributed by atoms with Crippen molar-refractivity contribution in [2.45, 2.75) is 30.9 Å². The molecule has 1 fully saturated rings. The molecule has 0 aromatic rings. The molecular formula is C8H15F2NS. The van der Waals surface area contributed by atoms with Gasteiger partial charge in [0.05, 0.1) is 6.54 Å². The third kappa shape index (κ3) is 3.27. The van der Waals surface area contributed by atoms with E-state index in [9.17, 15) is 8.78 Å². The van der Waals surface area contributed by atoms with Crippen LogP contribution in [0.5, 0.6) is 0 Å². The molecule has 0 aliphatic carbocycles. The molecule has 0 aromatic heterocycles. The van der Waals surface area contributed by atoms with E-state index in [2.05, 4.69) is 12.6 Å². The van der Waals surface area contributed by atoms with Gasteiger partial charge in [-0.3, -0.25) is 4.90 Å². The van der Waals surface area contributed by atoms with E-state index >= 15 is 0 Å². The molecule has 1 aliphatic heterocycles. The van der Waals surface area contributed by atoms with Gasteiger partial charge in [-0.05, 0) is 13.0 Å². The van der Waals surface area contributed by atoms with Gasteiger partial charge in [-0.25, -0.2) is 8.78 Å². The smallest absolute Gasteiger partial charge is 0.261 e. The van der Waals surface area contributed by atoms with Crippen molar-refractivity contribution in [1.82, 2.24) is 4.90 Å². The molecule has 0 bridgehead atoms. The average molecular weight is 195 g/mol. The Morgan fingerprint density at radius 2 is 2.25 bits per heavy atom. The minimum Gasteiger partial charge on any atom is -0.297 e. The first kappa shape index (κ1) is 10.3. The van der Waals surface area contributed by atoms with Crippen LogP contribution in [-0.2, 0) is 0 Å². The standard InChI is InChI=1S/C8H15F2NS/c1-7(12)2-4-11-5-3-8(9,10)6-11/h7,12H,2-6H2,1H3. The summed E-state index contributed by atoms with van der Waals surface area (Å²) in [5, 5.41) is 0.305. The number of nitrogens with zero attached hydrogens (tertiary/aromatic N) is 1. The van der Waals surface area contributed by atoms with Crippen LogP contribution in [0.15, 0.2) is 0 Å². The second-order valence-corrected chi connectivity index (χ2v) is 4.40. The summed E-state index contributed by atoms with van der Waals surface area (Å²) < 4.78 is 25.3. The molecule has 0 spiro atoms. The van der Waals surface area contributed by atoms with Crippen LogP contribution >= 0.6 is 12.6 Å². The fourth-order valence-corrected chi connectivity index (χ4v) is 1.48. The SMILES string of the molecule is CC(S)CCN1CCC(F)(F)C1. The van der Waals surface area contributed by atoms with Crippen molar-refractivity contribution in [2.75, 3.05) is 19.6 Å². The van der Waals surface area contributed by atoms with Crippen LogP contribution in [0.4, 0.5) is 8.78 Å². The maximum Gasteiger partial charge on any atom is 0.261 e. The zero-order valence-corrected chi connectivity index (χ0v) is 8.16. The second-order valence-electron chi connectivity index (χ2n) is 3.52. The lowest BCUT2D eigenvalue weighted by Crippen LogP contribution is -2.27. The molecule has 0 aromatic carbocycles. The normalized spacial score (nSPS) is 26.0. The molecule has 0 N–H and O–H groups in total. The maximum absolute atomic E-state index is 12.7. The molecule has 1 rings (SSSR count). The minimum atomic E-state index is -2.44. The van der Waals surface area contributed by atoms with E-state index in [1.807, 2.05) is 11.8 Å². The van der Waals surface area contributed by atoms with E-state index in [1.165, 1.54) is 0 Å². The maximum atomic E-state index is 12.7. The van der Waals surface area contributed by atoms with Crippen molar-refractivity contribution >= 4 is 12.6 Å². The quantitative estimate of drug-likeness (QED) is 0.674. The second kappa shape index (κ2) is 3.92. The van der Waals surface area contributed by atoms with Gasteiger partial charge in [0, 0.05) is 18.2 Å². The predicted octanol–water partition coefficient (Wildman–Crippen LogP) is 2.04. The van der Waals surface area contributed by atoms with Crippen molar-refractivity contribution in [3.63, 3.8) is 0 Å². The number of hydrogen-bond donors (Lipinski definition) is 1.